The van der Waals surface area contributed by atoms with E-state index in [1.165, 1.54) is 11.1 Å². The summed E-state index contributed by atoms with van der Waals surface area (Å²) in [7, 11) is 0. The van der Waals surface area contributed by atoms with Gasteiger partial charge in [0.25, 0.3) is 0 Å². The van der Waals surface area contributed by atoms with Crippen molar-refractivity contribution in [3.63, 3.8) is 0 Å². The van der Waals surface area contributed by atoms with Crippen LogP contribution >= 0.6 is 0 Å². The van der Waals surface area contributed by atoms with Crippen LogP contribution in [0.2, 0.25) is 0 Å². The topological polar surface area (TPSA) is 48.7 Å². The number of hydrogen-bond donors (Lipinski definition) is 1. The molecule has 5 rings (SSSR count). The third-order valence-corrected chi connectivity index (χ3v) is 6.83. The summed E-state index contributed by atoms with van der Waals surface area (Å²) in [6.45, 7) is 12.7. The number of anilines is 1. The summed E-state index contributed by atoms with van der Waals surface area (Å²) >= 11 is 0. The molecule has 4 aromatic rings. The Bertz CT molecular complexity index is 1180. The Morgan fingerprint density at radius 1 is 0.829 bits per heavy atom. The van der Waals surface area contributed by atoms with Gasteiger partial charge in [-0.1, -0.05) is 81.4 Å². The van der Waals surface area contributed by atoms with Crippen LogP contribution in [-0.4, -0.2) is 63.7 Å². The van der Waals surface area contributed by atoms with Gasteiger partial charge in [0.05, 0.1) is 17.9 Å². The largest absolute Gasteiger partial charge is 0.367 e. The molecule has 0 amide bonds. The van der Waals surface area contributed by atoms with E-state index in [0.29, 0.717) is 6.04 Å². The van der Waals surface area contributed by atoms with Gasteiger partial charge in [-0.15, -0.1) is 5.10 Å². The van der Waals surface area contributed by atoms with Crippen LogP contribution < -0.4 is 5.32 Å². The van der Waals surface area contributed by atoms with E-state index in [4.69, 9.17) is 10.1 Å². The van der Waals surface area contributed by atoms with Gasteiger partial charge in [0, 0.05) is 44.7 Å². The van der Waals surface area contributed by atoms with E-state index in [1.54, 1.807) is 0 Å². The van der Waals surface area contributed by atoms with Crippen LogP contribution in [0, 0.1) is 0 Å². The van der Waals surface area contributed by atoms with Crippen LogP contribution in [0.25, 0.3) is 5.65 Å². The lowest BCUT2D eigenvalue weighted by Crippen LogP contribution is -2.48. The molecule has 1 N–H and O–H groups in total. The number of benzene rings is 2. The molecular formula is C29H36N6. The van der Waals surface area contributed by atoms with Crippen molar-refractivity contribution in [3.8, 4) is 0 Å². The SMILES string of the molecule is CC(C)(C)c1cn2nc(NCCN3CCN(C(c4ccccc4)c4ccccc4)CC3)ccc2n1. The standard InChI is InChI=1S/C29H36N6/c1-29(2,3)25-22-35-27(31-25)15-14-26(32-35)30-16-17-33-18-20-34(21-19-33)28(23-10-6-4-7-11-23)24-12-8-5-9-13-24/h4-15,22,28H,16-21H2,1-3H3,(H,30,32). The van der Waals surface area contributed by atoms with Crippen molar-refractivity contribution < 1.29 is 0 Å². The van der Waals surface area contributed by atoms with E-state index in [1.807, 2.05) is 22.8 Å². The number of imidazole rings is 1. The van der Waals surface area contributed by atoms with Gasteiger partial charge in [0.15, 0.2) is 5.65 Å². The first-order valence-corrected chi connectivity index (χ1v) is 12.6. The molecule has 35 heavy (non-hydrogen) atoms. The van der Waals surface area contributed by atoms with Crippen LogP contribution in [0.1, 0.15) is 43.6 Å². The molecule has 0 bridgehead atoms. The maximum absolute atomic E-state index is 4.71. The van der Waals surface area contributed by atoms with Gasteiger partial charge in [0.2, 0.25) is 0 Å². The third kappa shape index (κ3) is 5.55. The lowest BCUT2D eigenvalue weighted by molar-refractivity contribution is 0.112. The molecule has 0 unspecified atom stereocenters. The fraction of sp³-hybridized carbons (Fsp3) is 0.379. The third-order valence-electron chi connectivity index (χ3n) is 6.83. The molecule has 1 aliphatic rings. The quantitative estimate of drug-likeness (QED) is 0.420. The van der Waals surface area contributed by atoms with E-state index in [-0.39, 0.29) is 5.41 Å². The highest BCUT2D eigenvalue weighted by Crippen LogP contribution is 2.29. The molecule has 6 heteroatoms. The Kier molecular flexibility index (Phi) is 6.84. The van der Waals surface area contributed by atoms with Crippen molar-refractivity contribution >= 4 is 11.5 Å². The normalized spacial score (nSPS) is 15.7. The second kappa shape index (κ2) is 10.2. The van der Waals surface area contributed by atoms with Crippen LogP contribution in [-0.2, 0) is 5.41 Å². The molecule has 1 saturated heterocycles. The van der Waals surface area contributed by atoms with E-state index < -0.39 is 0 Å². The lowest BCUT2D eigenvalue weighted by Gasteiger charge is -2.39. The van der Waals surface area contributed by atoms with Crippen molar-refractivity contribution in [2.45, 2.75) is 32.2 Å². The number of nitrogens with one attached hydrogen (secondary N) is 1. The summed E-state index contributed by atoms with van der Waals surface area (Å²) in [5, 5.41) is 8.21. The van der Waals surface area contributed by atoms with Gasteiger partial charge in [0.1, 0.15) is 5.82 Å². The fourth-order valence-electron chi connectivity index (χ4n) is 4.81. The highest BCUT2D eigenvalue weighted by atomic mass is 15.3. The minimum Gasteiger partial charge on any atom is -0.367 e. The average molecular weight is 469 g/mol. The van der Waals surface area contributed by atoms with Crippen molar-refractivity contribution in [1.82, 2.24) is 24.4 Å². The summed E-state index contributed by atoms with van der Waals surface area (Å²) in [5.74, 6) is 0.891. The molecule has 182 valence electrons. The molecular weight excluding hydrogens is 432 g/mol. The minimum absolute atomic E-state index is 0.0173. The Morgan fingerprint density at radius 2 is 1.46 bits per heavy atom. The molecule has 2 aromatic carbocycles. The summed E-state index contributed by atoms with van der Waals surface area (Å²) in [6, 6.07) is 26.2. The van der Waals surface area contributed by atoms with Crippen molar-refractivity contribution in [3.05, 3.63) is 95.8 Å². The Morgan fingerprint density at radius 3 is 2.06 bits per heavy atom. The van der Waals surface area contributed by atoms with Crippen molar-refractivity contribution in [2.24, 2.45) is 0 Å². The van der Waals surface area contributed by atoms with Gasteiger partial charge in [-0.3, -0.25) is 9.80 Å². The molecule has 6 nitrogen and oxygen atoms in total. The van der Waals surface area contributed by atoms with E-state index >= 15 is 0 Å². The van der Waals surface area contributed by atoms with Gasteiger partial charge >= 0.3 is 0 Å². The first kappa shape index (κ1) is 23.5. The van der Waals surface area contributed by atoms with Crippen molar-refractivity contribution in [1.29, 1.82) is 0 Å². The maximum Gasteiger partial charge on any atom is 0.153 e. The summed E-state index contributed by atoms with van der Waals surface area (Å²) in [5.41, 5.74) is 4.70. The van der Waals surface area contributed by atoms with Gasteiger partial charge in [-0.2, -0.15) is 0 Å². The predicted octanol–water partition coefficient (Wildman–Crippen LogP) is 4.85. The zero-order valence-corrected chi connectivity index (χ0v) is 21.1. The molecule has 2 aromatic heterocycles. The smallest absolute Gasteiger partial charge is 0.153 e. The molecule has 0 aliphatic carbocycles. The van der Waals surface area contributed by atoms with Crippen LogP contribution in [0.3, 0.4) is 0 Å². The molecule has 1 fully saturated rings. The number of rotatable bonds is 7. The maximum atomic E-state index is 4.71. The molecule has 0 radical (unpaired) electrons. The number of piperazine rings is 1. The zero-order valence-electron chi connectivity index (χ0n) is 21.1. The molecule has 0 spiro atoms. The fourth-order valence-corrected chi connectivity index (χ4v) is 4.81. The molecule has 3 heterocycles. The molecule has 0 saturated carbocycles. The number of hydrogen-bond acceptors (Lipinski definition) is 5. The summed E-state index contributed by atoms with van der Waals surface area (Å²) in [4.78, 5) is 9.87. The van der Waals surface area contributed by atoms with Crippen molar-refractivity contribution in [2.75, 3.05) is 44.6 Å². The van der Waals surface area contributed by atoms with E-state index in [0.717, 1.165) is 56.4 Å². The number of aromatic nitrogens is 3. The van der Waals surface area contributed by atoms with Gasteiger partial charge in [-0.25, -0.2) is 9.50 Å². The van der Waals surface area contributed by atoms with E-state index in [2.05, 4.69) is 96.6 Å². The van der Waals surface area contributed by atoms with E-state index in [9.17, 15) is 0 Å². The zero-order chi connectivity index (χ0) is 24.3. The van der Waals surface area contributed by atoms with Gasteiger partial charge in [-0.05, 0) is 23.3 Å². The highest BCUT2D eigenvalue weighted by Gasteiger charge is 2.26. The Labute approximate surface area is 208 Å². The minimum atomic E-state index is 0.0173. The first-order valence-electron chi connectivity index (χ1n) is 12.6. The molecule has 1 aliphatic heterocycles. The highest BCUT2D eigenvalue weighted by molar-refractivity contribution is 5.45. The monoisotopic (exact) mass is 468 g/mol. The lowest BCUT2D eigenvalue weighted by atomic mass is 9.93. The van der Waals surface area contributed by atoms with Crippen LogP contribution in [0.15, 0.2) is 79.0 Å². The first-order chi connectivity index (χ1) is 17.0. The Hall–Kier alpha value is -3.22. The molecule has 0 atom stereocenters. The van der Waals surface area contributed by atoms with Crippen LogP contribution in [0.5, 0.6) is 0 Å². The predicted molar refractivity (Wildman–Crippen MR) is 143 cm³/mol. The number of fused-ring (bicyclic) bond motifs is 1. The second-order valence-corrected chi connectivity index (χ2v) is 10.4. The van der Waals surface area contributed by atoms with Gasteiger partial charge < -0.3 is 5.32 Å². The number of nitrogens with zero attached hydrogens (tertiary/aromatic N) is 5. The van der Waals surface area contributed by atoms with Crippen LogP contribution in [0.4, 0.5) is 5.82 Å². The second-order valence-electron chi connectivity index (χ2n) is 10.4. The Balaban J connectivity index is 1.16. The summed E-state index contributed by atoms with van der Waals surface area (Å²) in [6.07, 6.45) is 2.04. The average Bonchev–Trinajstić information content (AvgIpc) is 3.31. The summed E-state index contributed by atoms with van der Waals surface area (Å²) < 4.78 is 1.88.